The van der Waals surface area contributed by atoms with Crippen molar-refractivity contribution in [1.82, 2.24) is 5.32 Å². The molecule has 8 heteroatoms. The van der Waals surface area contributed by atoms with Gasteiger partial charge in [-0.2, -0.15) is 0 Å². The number of imide groups is 1. The molecule has 15 heavy (non-hydrogen) atoms. The maximum atomic E-state index is 11.1. The lowest BCUT2D eigenvalue weighted by Crippen LogP contribution is -2.40. The number of rotatable bonds is 5. The van der Waals surface area contributed by atoms with Gasteiger partial charge < -0.3 is 16.6 Å². The van der Waals surface area contributed by atoms with Crippen molar-refractivity contribution in [3.8, 4) is 0 Å². The van der Waals surface area contributed by atoms with Crippen LogP contribution in [-0.4, -0.2) is 40.1 Å². The fourth-order valence-corrected chi connectivity index (χ4v) is 1.47. The Labute approximate surface area is 90.6 Å². The van der Waals surface area contributed by atoms with Crippen molar-refractivity contribution < 1.29 is 19.5 Å². The highest BCUT2D eigenvalue weighted by Gasteiger charge is 2.18. The van der Waals surface area contributed by atoms with Gasteiger partial charge in [-0.1, -0.05) is 0 Å². The third-order valence-corrected chi connectivity index (χ3v) is 2.72. The number of amides is 3. The maximum absolute atomic E-state index is 11.1. The van der Waals surface area contributed by atoms with Gasteiger partial charge in [0.25, 0.3) is 0 Å². The Bertz CT molecular complexity index is 271. The van der Waals surface area contributed by atoms with Crippen LogP contribution in [0.3, 0.4) is 0 Å². The molecule has 3 amide bonds. The Morgan fingerprint density at radius 1 is 1.47 bits per heavy atom. The average molecular weight is 235 g/mol. The van der Waals surface area contributed by atoms with E-state index in [2.05, 4.69) is 0 Å². The van der Waals surface area contributed by atoms with Gasteiger partial charge >= 0.3 is 12.0 Å². The predicted molar refractivity (Wildman–Crippen MR) is 55.3 cm³/mol. The number of carboxylic acid groups (broad SMARTS) is 1. The largest absolute Gasteiger partial charge is 0.480 e. The molecule has 7 nitrogen and oxygen atoms in total. The number of nitrogens with two attached hydrogens (primary N) is 2. The van der Waals surface area contributed by atoms with E-state index in [9.17, 15) is 14.4 Å². The first-order chi connectivity index (χ1) is 6.84. The second-order valence-corrected chi connectivity index (χ2v) is 4.15. The van der Waals surface area contributed by atoms with Gasteiger partial charge in [0.2, 0.25) is 5.91 Å². The van der Waals surface area contributed by atoms with E-state index in [1.165, 1.54) is 6.92 Å². The zero-order chi connectivity index (χ0) is 12.0. The smallest absolute Gasteiger partial charge is 0.321 e. The average Bonchev–Trinajstić information content (AvgIpc) is 2.12. The molecule has 0 spiro atoms. The zero-order valence-corrected chi connectivity index (χ0v) is 8.91. The lowest BCUT2D eigenvalue weighted by Gasteiger charge is -2.11. The number of carbonyl (C=O) groups excluding carboxylic acids is 2. The molecule has 6 N–H and O–H groups in total. The minimum atomic E-state index is -1.13. The van der Waals surface area contributed by atoms with E-state index < -0.39 is 29.2 Å². The first-order valence-corrected chi connectivity index (χ1v) is 5.09. The number of hydrogen-bond donors (Lipinski definition) is 4. The SMILES string of the molecule is CC(SCC(N)C(=O)O)C(=O)NC(N)=O. The molecule has 0 bridgehead atoms. The number of carboxylic acids is 1. The lowest BCUT2D eigenvalue weighted by molar-refractivity contribution is -0.138. The molecule has 0 fully saturated rings. The molecule has 0 heterocycles. The second kappa shape index (κ2) is 6.25. The first kappa shape index (κ1) is 13.7. The van der Waals surface area contributed by atoms with Gasteiger partial charge in [-0.05, 0) is 6.92 Å². The number of carbonyl (C=O) groups is 3. The van der Waals surface area contributed by atoms with Gasteiger partial charge in [0.1, 0.15) is 6.04 Å². The fourth-order valence-electron chi connectivity index (χ4n) is 0.618. The fraction of sp³-hybridized carbons (Fsp3) is 0.571. The summed E-state index contributed by atoms with van der Waals surface area (Å²) in [4.78, 5) is 31.8. The minimum Gasteiger partial charge on any atom is -0.480 e. The van der Waals surface area contributed by atoms with Crippen LogP contribution in [0.1, 0.15) is 6.92 Å². The monoisotopic (exact) mass is 235 g/mol. The molecule has 0 aromatic heterocycles. The van der Waals surface area contributed by atoms with E-state index in [1.54, 1.807) is 0 Å². The highest BCUT2D eigenvalue weighted by atomic mass is 32.2. The van der Waals surface area contributed by atoms with Crippen LogP contribution in [0, 0.1) is 0 Å². The van der Waals surface area contributed by atoms with E-state index in [-0.39, 0.29) is 5.75 Å². The van der Waals surface area contributed by atoms with Gasteiger partial charge in [-0.25, -0.2) is 4.79 Å². The highest BCUT2D eigenvalue weighted by molar-refractivity contribution is 8.00. The lowest BCUT2D eigenvalue weighted by atomic mass is 10.4. The summed E-state index contributed by atoms with van der Waals surface area (Å²) in [6.45, 7) is 1.53. The van der Waals surface area contributed by atoms with E-state index in [1.807, 2.05) is 5.32 Å². The van der Waals surface area contributed by atoms with Crippen LogP contribution >= 0.6 is 11.8 Å². The van der Waals surface area contributed by atoms with Crippen molar-refractivity contribution in [3.63, 3.8) is 0 Å². The van der Waals surface area contributed by atoms with Crippen molar-refractivity contribution in [2.45, 2.75) is 18.2 Å². The molecule has 0 radical (unpaired) electrons. The van der Waals surface area contributed by atoms with Crippen LogP contribution in [0.5, 0.6) is 0 Å². The Balaban J connectivity index is 3.93. The number of primary amides is 1. The van der Waals surface area contributed by atoms with Gasteiger partial charge in [0, 0.05) is 5.75 Å². The van der Waals surface area contributed by atoms with E-state index in [0.29, 0.717) is 0 Å². The molecule has 0 rings (SSSR count). The standard InChI is InChI=1S/C7H13N3O4S/c1-3(5(11)10-7(9)14)15-2-4(8)6(12)13/h3-4H,2,8H2,1H3,(H,12,13)(H3,9,10,11,14). The zero-order valence-electron chi connectivity index (χ0n) is 8.10. The number of hydrogen-bond acceptors (Lipinski definition) is 5. The summed E-state index contributed by atoms with van der Waals surface area (Å²) in [5.74, 6) is -1.61. The van der Waals surface area contributed by atoms with E-state index in [0.717, 1.165) is 11.8 Å². The summed E-state index contributed by atoms with van der Waals surface area (Å²) in [5.41, 5.74) is 9.96. The Morgan fingerprint density at radius 2 is 2.00 bits per heavy atom. The minimum absolute atomic E-state index is 0.0860. The summed E-state index contributed by atoms with van der Waals surface area (Å²) in [6, 6.07) is -1.96. The third-order valence-electron chi connectivity index (χ3n) is 1.46. The molecule has 0 saturated heterocycles. The van der Waals surface area contributed by atoms with Gasteiger partial charge in [-0.15, -0.1) is 11.8 Å². The molecule has 0 aromatic carbocycles. The first-order valence-electron chi connectivity index (χ1n) is 4.05. The van der Waals surface area contributed by atoms with E-state index >= 15 is 0 Å². The molecule has 2 atom stereocenters. The van der Waals surface area contributed by atoms with Gasteiger partial charge in [-0.3, -0.25) is 14.9 Å². The molecule has 0 aliphatic rings. The summed E-state index contributed by atoms with van der Waals surface area (Å²) < 4.78 is 0. The Kier molecular flexibility index (Phi) is 5.72. The van der Waals surface area contributed by atoms with Crippen LogP contribution in [0.25, 0.3) is 0 Å². The van der Waals surface area contributed by atoms with Gasteiger partial charge in [0.05, 0.1) is 5.25 Å². The molecule has 0 aromatic rings. The summed E-state index contributed by atoms with van der Waals surface area (Å²) in [6.07, 6.45) is 0. The molecule has 0 aliphatic heterocycles. The number of aliphatic carboxylic acids is 1. The quantitative estimate of drug-likeness (QED) is 0.468. The second-order valence-electron chi connectivity index (χ2n) is 2.77. The van der Waals surface area contributed by atoms with Crippen LogP contribution in [0.2, 0.25) is 0 Å². The van der Waals surface area contributed by atoms with Crippen LogP contribution < -0.4 is 16.8 Å². The molecular formula is C7H13N3O4S. The highest BCUT2D eigenvalue weighted by Crippen LogP contribution is 2.11. The van der Waals surface area contributed by atoms with Crippen molar-refractivity contribution in [1.29, 1.82) is 0 Å². The predicted octanol–water partition coefficient (Wildman–Crippen LogP) is -1.29. The Hall–Kier alpha value is -1.28. The maximum Gasteiger partial charge on any atom is 0.321 e. The summed E-state index contributed by atoms with van der Waals surface area (Å²) in [5, 5.41) is 9.77. The number of urea groups is 1. The topological polar surface area (TPSA) is 136 Å². The van der Waals surface area contributed by atoms with Crippen molar-refractivity contribution >= 4 is 29.7 Å². The van der Waals surface area contributed by atoms with E-state index in [4.69, 9.17) is 16.6 Å². The number of nitrogens with one attached hydrogen (secondary N) is 1. The summed E-state index contributed by atoms with van der Waals surface area (Å²) >= 11 is 1.04. The van der Waals surface area contributed by atoms with Crippen molar-refractivity contribution in [2.75, 3.05) is 5.75 Å². The normalized spacial score (nSPS) is 14.0. The third kappa shape index (κ3) is 5.92. The van der Waals surface area contributed by atoms with Crippen LogP contribution in [0.15, 0.2) is 0 Å². The Morgan fingerprint density at radius 3 is 2.40 bits per heavy atom. The summed E-state index contributed by atoms with van der Waals surface area (Å²) in [7, 11) is 0. The number of thioether (sulfide) groups is 1. The van der Waals surface area contributed by atoms with Crippen LogP contribution in [0.4, 0.5) is 4.79 Å². The molecular weight excluding hydrogens is 222 g/mol. The van der Waals surface area contributed by atoms with Crippen LogP contribution in [-0.2, 0) is 9.59 Å². The van der Waals surface area contributed by atoms with Crippen molar-refractivity contribution in [3.05, 3.63) is 0 Å². The molecule has 86 valence electrons. The van der Waals surface area contributed by atoms with Gasteiger partial charge in [0.15, 0.2) is 0 Å². The molecule has 0 aliphatic carbocycles. The molecule has 0 saturated carbocycles. The van der Waals surface area contributed by atoms with Crippen molar-refractivity contribution in [2.24, 2.45) is 11.5 Å². The molecule has 2 unspecified atom stereocenters.